The molecule has 3 rings (SSSR count). The van der Waals surface area contributed by atoms with Gasteiger partial charge in [-0.3, -0.25) is 14.9 Å². The minimum Gasteiger partial charge on any atom is -0.441 e. The first-order chi connectivity index (χ1) is 9.22. The van der Waals surface area contributed by atoms with E-state index in [1.165, 1.54) is 19.3 Å². The molecule has 3 heterocycles. The molecule has 2 amide bonds. The number of carbonyl (C=O) groups excluding carboxylic acids is 2. The minimum absolute atomic E-state index is 0.137. The number of carbonyl (C=O) groups is 2. The fourth-order valence-electron chi connectivity index (χ4n) is 2.50. The van der Waals surface area contributed by atoms with Gasteiger partial charge in [0.1, 0.15) is 5.76 Å². The van der Waals surface area contributed by atoms with Gasteiger partial charge in [0.05, 0.1) is 6.42 Å². The number of nitrogens with zero attached hydrogens (tertiary/aromatic N) is 1. The first kappa shape index (κ1) is 12.0. The van der Waals surface area contributed by atoms with Crippen molar-refractivity contribution < 1.29 is 14.0 Å². The Hall–Kier alpha value is -2.04. The van der Waals surface area contributed by atoms with E-state index >= 15 is 0 Å². The van der Waals surface area contributed by atoms with E-state index in [1.54, 1.807) is 6.08 Å². The molecule has 0 spiro atoms. The summed E-state index contributed by atoms with van der Waals surface area (Å²) in [5, 5.41) is 2.26. The van der Waals surface area contributed by atoms with Crippen LogP contribution in [0.1, 0.15) is 31.4 Å². The molecule has 0 atom stereocenters. The molecular weight excluding hydrogens is 244 g/mol. The second-order valence-corrected chi connectivity index (χ2v) is 4.95. The van der Waals surface area contributed by atoms with Crippen LogP contribution in [0.4, 0.5) is 5.88 Å². The fraction of sp³-hybridized carbons (Fsp3) is 0.429. The van der Waals surface area contributed by atoms with Crippen LogP contribution in [0, 0.1) is 0 Å². The van der Waals surface area contributed by atoms with Crippen molar-refractivity contribution in [2.75, 3.05) is 18.0 Å². The predicted octanol–water partition coefficient (Wildman–Crippen LogP) is 1.70. The highest BCUT2D eigenvalue weighted by Crippen LogP contribution is 2.24. The monoisotopic (exact) mass is 260 g/mol. The molecule has 19 heavy (non-hydrogen) atoms. The number of furan rings is 1. The zero-order chi connectivity index (χ0) is 13.2. The molecule has 1 aromatic heterocycles. The molecule has 0 unspecified atom stereocenters. The Morgan fingerprint density at radius 3 is 2.63 bits per heavy atom. The van der Waals surface area contributed by atoms with Crippen molar-refractivity contribution in [2.45, 2.75) is 25.7 Å². The van der Waals surface area contributed by atoms with E-state index in [9.17, 15) is 9.59 Å². The molecule has 2 fully saturated rings. The quantitative estimate of drug-likeness (QED) is 0.649. The molecule has 2 aliphatic heterocycles. The van der Waals surface area contributed by atoms with E-state index in [4.69, 9.17) is 4.42 Å². The number of anilines is 1. The Balaban J connectivity index is 1.76. The van der Waals surface area contributed by atoms with E-state index in [1.807, 2.05) is 12.1 Å². The van der Waals surface area contributed by atoms with Crippen LogP contribution in [0.25, 0.3) is 6.08 Å². The molecule has 5 heteroatoms. The third-order valence-corrected chi connectivity index (χ3v) is 3.49. The van der Waals surface area contributed by atoms with Crippen molar-refractivity contribution in [3.63, 3.8) is 0 Å². The van der Waals surface area contributed by atoms with Gasteiger partial charge in [-0.05, 0) is 31.4 Å². The molecule has 0 bridgehead atoms. The van der Waals surface area contributed by atoms with Crippen molar-refractivity contribution in [3.8, 4) is 0 Å². The molecule has 2 saturated heterocycles. The van der Waals surface area contributed by atoms with E-state index < -0.39 is 0 Å². The second kappa shape index (κ2) is 4.91. The number of hydrogen-bond donors (Lipinski definition) is 1. The lowest BCUT2D eigenvalue weighted by Crippen LogP contribution is -2.28. The number of imide groups is 1. The van der Waals surface area contributed by atoms with Crippen LogP contribution < -0.4 is 10.2 Å². The number of piperidine rings is 1. The summed E-state index contributed by atoms with van der Waals surface area (Å²) in [5.74, 6) is 0.900. The molecule has 0 aromatic carbocycles. The van der Waals surface area contributed by atoms with Gasteiger partial charge in [0.15, 0.2) is 5.88 Å². The number of nitrogens with one attached hydrogen (secondary N) is 1. The molecule has 0 radical (unpaired) electrons. The summed E-state index contributed by atoms with van der Waals surface area (Å²) in [7, 11) is 0. The predicted molar refractivity (Wildman–Crippen MR) is 70.5 cm³/mol. The van der Waals surface area contributed by atoms with Crippen LogP contribution >= 0.6 is 0 Å². The van der Waals surface area contributed by atoms with Crippen LogP contribution in [-0.2, 0) is 9.59 Å². The standard InChI is InChI=1S/C14H16N2O3/c17-12-9-10(14(18)15-12)8-11-4-5-13(19-11)16-6-2-1-3-7-16/h4-5,8H,1-3,6-7,9H2,(H,15,17,18). The van der Waals surface area contributed by atoms with E-state index in [2.05, 4.69) is 10.2 Å². The molecule has 0 aliphatic carbocycles. The summed E-state index contributed by atoms with van der Waals surface area (Å²) in [4.78, 5) is 24.8. The lowest BCUT2D eigenvalue weighted by Gasteiger charge is -2.25. The van der Waals surface area contributed by atoms with Gasteiger partial charge < -0.3 is 9.32 Å². The maximum absolute atomic E-state index is 11.4. The van der Waals surface area contributed by atoms with Crippen LogP contribution in [-0.4, -0.2) is 24.9 Å². The zero-order valence-corrected chi connectivity index (χ0v) is 10.6. The Labute approximate surface area is 111 Å². The average molecular weight is 260 g/mol. The van der Waals surface area contributed by atoms with Gasteiger partial charge in [-0.2, -0.15) is 0 Å². The Morgan fingerprint density at radius 2 is 1.95 bits per heavy atom. The van der Waals surface area contributed by atoms with Gasteiger partial charge in [0.25, 0.3) is 5.91 Å². The van der Waals surface area contributed by atoms with E-state index in [0.29, 0.717) is 11.3 Å². The highest BCUT2D eigenvalue weighted by atomic mass is 16.4. The smallest absolute Gasteiger partial charge is 0.254 e. The normalized spacial score (nSPS) is 22.1. The second-order valence-electron chi connectivity index (χ2n) is 4.95. The third kappa shape index (κ3) is 2.54. The average Bonchev–Trinajstić information content (AvgIpc) is 2.99. The van der Waals surface area contributed by atoms with Gasteiger partial charge in [-0.15, -0.1) is 0 Å². The Morgan fingerprint density at radius 1 is 1.16 bits per heavy atom. The zero-order valence-electron chi connectivity index (χ0n) is 10.6. The van der Waals surface area contributed by atoms with Gasteiger partial charge in [-0.25, -0.2) is 0 Å². The SMILES string of the molecule is O=C1CC(=Cc2ccc(N3CCCCC3)o2)C(=O)N1. The van der Waals surface area contributed by atoms with Crippen LogP contribution in [0.2, 0.25) is 0 Å². The molecule has 2 aliphatic rings. The van der Waals surface area contributed by atoms with Crippen molar-refractivity contribution in [2.24, 2.45) is 0 Å². The van der Waals surface area contributed by atoms with Crippen LogP contribution in [0.5, 0.6) is 0 Å². The molecule has 1 N–H and O–H groups in total. The first-order valence-corrected chi connectivity index (χ1v) is 6.62. The summed E-state index contributed by atoms with van der Waals surface area (Å²) in [6, 6.07) is 3.76. The summed E-state index contributed by atoms with van der Waals surface area (Å²) >= 11 is 0. The van der Waals surface area contributed by atoms with Crippen molar-refractivity contribution in [3.05, 3.63) is 23.5 Å². The number of amides is 2. The summed E-state index contributed by atoms with van der Waals surface area (Å²) in [6.07, 6.45) is 5.44. The Kier molecular flexibility index (Phi) is 3.11. The van der Waals surface area contributed by atoms with Crippen molar-refractivity contribution in [1.82, 2.24) is 5.32 Å². The minimum atomic E-state index is -0.319. The number of rotatable bonds is 2. The molecule has 100 valence electrons. The maximum atomic E-state index is 11.4. The highest BCUT2D eigenvalue weighted by molar-refractivity contribution is 6.15. The first-order valence-electron chi connectivity index (χ1n) is 6.62. The molecular formula is C14H16N2O3. The van der Waals surface area contributed by atoms with Crippen molar-refractivity contribution >= 4 is 23.8 Å². The van der Waals surface area contributed by atoms with Crippen LogP contribution in [0.3, 0.4) is 0 Å². The number of hydrogen-bond acceptors (Lipinski definition) is 4. The van der Waals surface area contributed by atoms with Gasteiger partial charge in [0, 0.05) is 24.7 Å². The van der Waals surface area contributed by atoms with E-state index in [-0.39, 0.29) is 18.2 Å². The van der Waals surface area contributed by atoms with Gasteiger partial charge >= 0.3 is 0 Å². The largest absolute Gasteiger partial charge is 0.441 e. The maximum Gasteiger partial charge on any atom is 0.254 e. The van der Waals surface area contributed by atoms with E-state index in [0.717, 1.165) is 19.0 Å². The lowest BCUT2D eigenvalue weighted by molar-refractivity contribution is -0.124. The summed E-state index contributed by atoms with van der Waals surface area (Å²) < 4.78 is 5.73. The highest BCUT2D eigenvalue weighted by Gasteiger charge is 2.24. The molecule has 1 aromatic rings. The van der Waals surface area contributed by atoms with Crippen molar-refractivity contribution in [1.29, 1.82) is 0 Å². The summed E-state index contributed by atoms with van der Waals surface area (Å²) in [6.45, 7) is 2.03. The molecule has 5 nitrogen and oxygen atoms in total. The third-order valence-electron chi connectivity index (χ3n) is 3.49. The van der Waals surface area contributed by atoms with Gasteiger partial charge in [0.2, 0.25) is 5.91 Å². The Bertz CT molecular complexity index is 539. The fourth-order valence-corrected chi connectivity index (χ4v) is 2.50. The summed E-state index contributed by atoms with van der Waals surface area (Å²) in [5.41, 5.74) is 0.463. The topological polar surface area (TPSA) is 62.6 Å². The van der Waals surface area contributed by atoms with Gasteiger partial charge in [-0.1, -0.05) is 0 Å². The lowest BCUT2D eigenvalue weighted by atomic mass is 10.1. The molecule has 0 saturated carbocycles. The van der Waals surface area contributed by atoms with Crippen LogP contribution in [0.15, 0.2) is 22.1 Å².